The van der Waals surface area contributed by atoms with Crippen LogP contribution < -0.4 is 5.32 Å². The normalized spacial score (nSPS) is 11.5. The van der Waals surface area contributed by atoms with Gasteiger partial charge in [0.1, 0.15) is 0 Å². The van der Waals surface area contributed by atoms with Crippen molar-refractivity contribution in [3.05, 3.63) is 56.8 Å². The van der Waals surface area contributed by atoms with Crippen LogP contribution in [0.2, 0.25) is 0 Å². The van der Waals surface area contributed by atoms with E-state index in [1.54, 1.807) is 6.07 Å². The fourth-order valence-electron chi connectivity index (χ4n) is 1.79. The number of nitro benzene ring substituents is 1. The van der Waals surface area contributed by atoms with Gasteiger partial charge < -0.3 is 10.1 Å². The van der Waals surface area contributed by atoms with Crippen LogP contribution in [0.4, 0.5) is 11.4 Å². The minimum absolute atomic E-state index is 0.0952. The Balaban J connectivity index is 1.90. The van der Waals surface area contributed by atoms with Gasteiger partial charge in [-0.05, 0) is 35.4 Å². The van der Waals surface area contributed by atoms with E-state index < -0.39 is 22.9 Å². The number of rotatable bonds is 6. The molecule has 2 rings (SSSR count). The quantitative estimate of drug-likeness (QED) is 0.497. The highest BCUT2D eigenvalue weighted by Crippen LogP contribution is 2.17. The first-order valence-corrected chi connectivity index (χ1v) is 7.66. The molecule has 0 spiro atoms. The summed E-state index contributed by atoms with van der Waals surface area (Å²) in [6, 6.07) is 7.34. The first-order chi connectivity index (χ1) is 11.0. The number of nitrogens with zero attached hydrogens (tertiary/aromatic N) is 1. The van der Waals surface area contributed by atoms with E-state index in [-0.39, 0.29) is 17.8 Å². The van der Waals surface area contributed by atoms with E-state index in [2.05, 4.69) is 5.32 Å². The smallest absolute Gasteiger partial charge is 0.311 e. The summed E-state index contributed by atoms with van der Waals surface area (Å²) in [6.45, 7) is 1.44. The minimum Gasteiger partial charge on any atom is -0.452 e. The molecule has 0 radical (unpaired) electrons. The van der Waals surface area contributed by atoms with Gasteiger partial charge in [-0.25, -0.2) is 0 Å². The van der Waals surface area contributed by atoms with Crippen molar-refractivity contribution >= 4 is 34.6 Å². The van der Waals surface area contributed by atoms with Crippen molar-refractivity contribution in [3.63, 3.8) is 0 Å². The first-order valence-electron chi connectivity index (χ1n) is 6.71. The number of anilines is 1. The third-order valence-electron chi connectivity index (χ3n) is 2.93. The molecule has 0 saturated heterocycles. The molecular formula is C15H14N2O5S. The van der Waals surface area contributed by atoms with E-state index in [1.165, 1.54) is 42.5 Å². The van der Waals surface area contributed by atoms with Gasteiger partial charge in [-0.2, -0.15) is 11.3 Å². The van der Waals surface area contributed by atoms with Crippen molar-refractivity contribution in [2.45, 2.75) is 19.4 Å². The number of ether oxygens (including phenoxy) is 1. The minimum atomic E-state index is -1.000. The number of hydrogen-bond acceptors (Lipinski definition) is 6. The third kappa shape index (κ3) is 4.89. The summed E-state index contributed by atoms with van der Waals surface area (Å²) in [5.41, 5.74) is 0.959. The molecule has 1 amide bonds. The third-order valence-corrected chi connectivity index (χ3v) is 3.66. The van der Waals surface area contributed by atoms with Gasteiger partial charge in [-0.1, -0.05) is 6.07 Å². The van der Waals surface area contributed by atoms with Crippen LogP contribution in [-0.2, 0) is 20.7 Å². The lowest BCUT2D eigenvalue weighted by molar-refractivity contribution is -0.384. The Labute approximate surface area is 136 Å². The van der Waals surface area contributed by atoms with E-state index >= 15 is 0 Å². The molecule has 0 aliphatic heterocycles. The highest BCUT2D eigenvalue weighted by Gasteiger charge is 2.19. The van der Waals surface area contributed by atoms with Crippen LogP contribution in [0.1, 0.15) is 12.5 Å². The molecule has 8 heteroatoms. The van der Waals surface area contributed by atoms with Crippen molar-refractivity contribution < 1.29 is 19.2 Å². The van der Waals surface area contributed by atoms with Crippen molar-refractivity contribution in [1.29, 1.82) is 0 Å². The average Bonchev–Trinajstić information content (AvgIpc) is 3.00. The average molecular weight is 334 g/mol. The molecule has 0 aliphatic carbocycles. The van der Waals surface area contributed by atoms with Gasteiger partial charge in [0.2, 0.25) is 0 Å². The number of carbonyl (C=O) groups excluding carboxylic acids is 2. The number of carbonyl (C=O) groups is 2. The summed E-state index contributed by atoms with van der Waals surface area (Å²) >= 11 is 1.47. The largest absolute Gasteiger partial charge is 0.452 e. The van der Waals surface area contributed by atoms with Gasteiger partial charge in [-0.15, -0.1) is 0 Å². The number of benzene rings is 1. The standard InChI is InChI=1S/C15H14N2O5S/c1-10(22-14(18)7-11-5-6-23-9-11)15(19)16-12-3-2-4-13(8-12)17(20)21/h2-6,8-10H,7H2,1H3,(H,16,19). The molecule has 2 aromatic rings. The lowest BCUT2D eigenvalue weighted by Gasteiger charge is -2.13. The van der Waals surface area contributed by atoms with Gasteiger partial charge in [0.05, 0.1) is 11.3 Å². The topological polar surface area (TPSA) is 98.5 Å². The molecule has 0 bridgehead atoms. The Hall–Kier alpha value is -2.74. The molecule has 0 aliphatic rings. The molecule has 1 atom stereocenters. The van der Waals surface area contributed by atoms with Gasteiger partial charge in [0, 0.05) is 17.8 Å². The maximum absolute atomic E-state index is 12.0. The molecule has 0 saturated carbocycles. The molecule has 23 heavy (non-hydrogen) atoms. The fourth-order valence-corrected chi connectivity index (χ4v) is 2.46. The van der Waals surface area contributed by atoms with Crippen LogP contribution in [-0.4, -0.2) is 22.9 Å². The summed E-state index contributed by atoms with van der Waals surface area (Å²) in [6.07, 6.45) is -0.904. The van der Waals surface area contributed by atoms with E-state index in [4.69, 9.17) is 4.74 Å². The second kappa shape index (κ2) is 7.50. The predicted molar refractivity (Wildman–Crippen MR) is 85.3 cm³/mol. The molecule has 1 unspecified atom stereocenters. The predicted octanol–water partition coefficient (Wildman–Crippen LogP) is 2.77. The molecule has 1 N–H and O–H groups in total. The Kier molecular flexibility index (Phi) is 5.42. The van der Waals surface area contributed by atoms with Crippen LogP contribution in [0.3, 0.4) is 0 Å². The van der Waals surface area contributed by atoms with Crippen LogP contribution in [0.15, 0.2) is 41.1 Å². The number of esters is 1. The van der Waals surface area contributed by atoms with Crippen LogP contribution in [0.5, 0.6) is 0 Å². The molecule has 1 aromatic heterocycles. The Bertz CT molecular complexity index is 714. The number of amides is 1. The highest BCUT2D eigenvalue weighted by atomic mass is 32.1. The SMILES string of the molecule is CC(OC(=O)Cc1ccsc1)C(=O)Nc1cccc([N+](=O)[O-])c1. The molecular weight excluding hydrogens is 320 g/mol. The number of nitro groups is 1. The van der Waals surface area contributed by atoms with E-state index in [1.807, 2.05) is 10.8 Å². The number of hydrogen-bond donors (Lipinski definition) is 1. The maximum atomic E-state index is 12.0. The fraction of sp³-hybridized carbons (Fsp3) is 0.200. The summed E-state index contributed by atoms with van der Waals surface area (Å²) < 4.78 is 5.06. The van der Waals surface area contributed by atoms with Crippen molar-refractivity contribution in [1.82, 2.24) is 0 Å². The second-order valence-electron chi connectivity index (χ2n) is 4.74. The van der Waals surface area contributed by atoms with Crippen molar-refractivity contribution in [2.24, 2.45) is 0 Å². The number of non-ortho nitro benzene ring substituents is 1. The van der Waals surface area contributed by atoms with Crippen LogP contribution in [0.25, 0.3) is 0 Å². The number of nitrogens with one attached hydrogen (secondary N) is 1. The lowest BCUT2D eigenvalue weighted by Crippen LogP contribution is -2.30. The molecule has 7 nitrogen and oxygen atoms in total. The zero-order valence-corrected chi connectivity index (χ0v) is 13.0. The molecule has 0 fully saturated rings. The monoisotopic (exact) mass is 334 g/mol. The van der Waals surface area contributed by atoms with Crippen LogP contribution >= 0.6 is 11.3 Å². The zero-order valence-electron chi connectivity index (χ0n) is 12.2. The summed E-state index contributed by atoms with van der Waals surface area (Å²) in [5.74, 6) is -1.06. The van der Waals surface area contributed by atoms with Gasteiger partial charge in [-0.3, -0.25) is 19.7 Å². The van der Waals surface area contributed by atoms with Crippen molar-refractivity contribution in [2.75, 3.05) is 5.32 Å². The second-order valence-corrected chi connectivity index (χ2v) is 5.52. The van der Waals surface area contributed by atoms with E-state index in [9.17, 15) is 19.7 Å². The molecule has 120 valence electrons. The molecule has 1 aromatic carbocycles. The van der Waals surface area contributed by atoms with Crippen molar-refractivity contribution in [3.8, 4) is 0 Å². The maximum Gasteiger partial charge on any atom is 0.311 e. The van der Waals surface area contributed by atoms with Gasteiger partial charge >= 0.3 is 5.97 Å². The van der Waals surface area contributed by atoms with E-state index in [0.29, 0.717) is 0 Å². The number of thiophene rings is 1. The van der Waals surface area contributed by atoms with Crippen LogP contribution in [0, 0.1) is 10.1 Å². The zero-order chi connectivity index (χ0) is 16.8. The highest BCUT2D eigenvalue weighted by molar-refractivity contribution is 7.07. The Morgan fingerprint density at radius 2 is 2.17 bits per heavy atom. The summed E-state index contributed by atoms with van der Waals surface area (Å²) in [7, 11) is 0. The summed E-state index contributed by atoms with van der Waals surface area (Å²) in [5, 5.41) is 16.9. The van der Waals surface area contributed by atoms with Gasteiger partial charge in [0.25, 0.3) is 11.6 Å². The summed E-state index contributed by atoms with van der Waals surface area (Å²) in [4.78, 5) is 33.8. The Morgan fingerprint density at radius 3 is 2.83 bits per heavy atom. The van der Waals surface area contributed by atoms with E-state index in [0.717, 1.165) is 5.56 Å². The Morgan fingerprint density at radius 1 is 1.39 bits per heavy atom. The molecule has 1 heterocycles. The first kappa shape index (κ1) is 16.6. The lowest BCUT2D eigenvalue weighted by atomic mass is 10.2. The van der Waals surface area contributed by atoms with Gasteiger partial charge in [0.15, 0.2) is 6.10 Å².